The molecule has 0 aliphatic rings. The fourth-order valence-electron chi connectivity index (χ4n) is 7.44. The number of unbranched alkanes of at least 4 members (excludes halogenated alkanes) is 27. The summed E-state index contributed by atoms with van der Waals surface area (Å²) in [4.78, 5) is 5.29. The molecule has 0 amide bonds. The molecule has 0 aliphatic heterocycles. The zero-order valence-corrected chi connectivity index (χ0v) is 38.8. The number of nitrogens with zero attached hydrogens (tertiary/aromatic N) is 2. The Balaban J connectivity index is 3.86. The second kappa shape index (κ2) is 46.5. The number of rotatable bonds is 45. The molecule has 0 fully saturated rings. The van der Waals surface area contributed by atoms with Crippen LogP contribution in [0.25, 0.3) is 0 Å². The standard InChI is InChI=1S/C49H98N2S2/c1-6-9-12-15-17-19-21-23-25-27-29-31-33-35-38-41-44-50(4)45-47-52-53-48-46-51(5)49(42-39-36-14-11-8-3)43-40-37-34-32-30-28-26-24-22-20-18-16-13-10-7-2/h23-26,49H,6-22,27-48H2,1-5H3/b25-23-,26-24-. The Kier molecular flexibility index (Phi) is 46.6. The minimum Gasteiger partial charge on any atom is -0.306 e. The topological polar surface area (TPSA) is 6.48 Å². The summed E-state index contributed by atoms with van der Waals surface area (Å²) in [7, 11) is 8.97. The van der Waals surface area contributed by atoms with E-state index in [1.807, 2.05) is 0 Å². The van der Waals surface area contributed by atoms with Crippen molar-refractivity contribution in [2.24, 2.45) is 0 Å². The van der Waals surface area contributed by atoms with Crippen molar-refractivity contribution in [1.82, 2.24) is 9.80 Å². The maximum absolute atomic E-state index is 2.72. The molecule has 53 heavy (non-hydrogen) atoms. The van der Waals surface area contributed by atoms with Crippen LogP contribution in [0.3, 0.4) is 0 Å². The second-order valence-corrected chi connectivity index (χ2v) is 19.3. The molecule has 2 nitrogen and oxygen atoms in total. The summed E-state index contributed by atoms with van der Waals surface area (Å²) < 4.78 is 0. The molecule has 1 atom stereocenters. The SMILES string of the molecule is CCCCCCCC/C=C\CCCCCCCCN(C)CCSSCCN(C)C(CCCCCCC)CCCCCCC/C=C\CCCCCCCC. The molecule has 0 aromatic heterocycles. The van der Waals surface area contributed by atoms with Gasteiger partial charge in [0.25, 0.3) is 0 Å². The van der Waals surface area contributed by atoms with Crippen LogP contribution in [0.2, 0.25) is 0 Å². The summed E-state index contributed by atoms with van der Waals surface area (Å²) >= 11 is 0. The molecule has 0 bridgehead atoms. The van der Waals surface area contributed by atoms with Crippen LogP contribution >= 0.6 is 21.6 Å². The first-order chi connectivity index (χ1) is 26.2. The van der Waals surface area contributed by atoms with E-state index in [1.165, 1.54) is 249 Å². The molecule has 0 saturated heterocycles. The highest BCUT2D eigenvalue weighted by Crippen LogP contribution is 2.23. The van der Waals surface area contributed by atoms with Crippen molar-refractivity contribution in [3.8, 4) is 0 Å². The first-order valence-corrected chi connectivity index (χ1v) is 26.6. The second-order valence-electron chi connectivity index (χ2n) is 16.6. The molecule has 0 aromatic carbocycles. The zero-order valence-electron chi connectivity index (χ0n) is 37.2. The van der Waals surface area contributed by atoms with Gasteiger partial charge >= 0.3 is 0 Å². The molecule has 1 unspecified atom stereocenters. The van der Waals surface area contributed by atoms with E-state index in [0.29, 0.717) is 0 Å². The van der Waals surface area contributed by atoms with Gasteiger partial charge in [0, 0.05) is 30.6 Å². The summed E-state index contributed by atoms with van der Waals surface area (Å²) in [6.07, 6.45) is 57.3. The van der Waals surface area contributed by atoms with Crippen LogP contribution in [0.4, 0.5) is 0 Å². The molecule has 0 saturated carbocycles. The molecule has 4 heteroatoms. The van der Waals surface area contributed by atoms with Crippen molar-refractivity contribution in [1.29, 1.82) is 0 Å². The van der Waals surface area contributed by atoms with Crippen LogP contribution in [0.5, 0.6) is 0 Å². The van der Waals surface area contributed by atoms with Crippen molar-refractivity contribution >= 4 is 21.6 Å². The summed E-state index contributed by atoms with van der Waals surface area (Å²) in [5, 5.41) is 0. The van der Waals surface area contributed by atoms with E-state index >= 15 is 0 Å². The van der Waals surface area contributed by atoms with Gasteiger partial charge in [0.1, 0.15) is 0 Å². The van der Waals surface area contributed by atoms with Gasteiger partial charge in [-0.15, -0.1) is 0 Å². The van der Waals surface area contributed by atoms with Gasteiger partial charge in [-0.2, -0.15) is 0 Å². The van der Waals surface area contributed by atoms with Gasteiger partial charge in [-0.1, -0.05) is 214 Å². The molecule has 0 aliphatic carbocycles. The van der Waals surface area contributed by atoms with E-state index in [-0.39, 0.29) is 0 Å². The van der Waals surface area contributed by atoms with Gasteiger partial charge in [-0.3, -0.25) is 0 Å². The smallest absolute Gasteiger partial charge is 0.0165 e. The fraction of sp³-hybridized carbons (Fsp3) is 0.918. The van der Waals surface area contributed by atoms with Crippen molar-refractivity contribution < 1.29 is 0 Å². The van der Waals surface area contributed by atoms with Crippen molar-refractivity contribution in [3.63, 3.8) is 0 Å². The third-order valence-corrected chi connectivity index (χ3v) is 13.6. The predicted molar refractivity (Wildman–Crippen MR) is 251 cm³/mol. The quantitative estimate of drug-likeness (QED) is 0.0345. The summed E-state index contributed by atoms with van der Waals surface area (Å²) in [5.74, 6) is 2.52. The summed E-state index contributed by atoms with van der Waals surface area (Å²) in [5.41, 5.74) is 0. The van der Waals surface area contributed by atoms with Crippen LogP contribution in [0.15, 0.2) is 24.3 Å². The molecular formula is C49H98N2S2. The van der Waals surface area contributed by atoms with Crippen LogP contribution in [0, 0.1) is 0 Å². The molecule has 0 N–H and O–H groups in total. The lowest BCUT2D eigenvalue weighted by molar-refractivity contribution is 0.221. The Morgan fingerprint density at radius 2 is 0.679 bits per heavy atom. The van der Waals surface area contributed by atoms with Gasteiger partial charge in [0.05, 0.1) is 0 Å². The molecule has 316 valence electrons. The molecular weight excluding hydrogens is 681 g/mol. The molecule has 0 aromatic rings. The number of hydrogen-bond donors (Lipinski definition) is 0. The summed E-state index contributed by atoms with van der Waals surface area (Å²) in [6, 6.07) is 0.787. The highest BCUT2D eigenvalue weighted by Gasteiger charge is 2.14. The van der Waals surface area contributed by atoms with Crippen LogP contribution in [0.1, 0.15) is 239 Å². The van der Waals surface area contributed by atoms with Crippen molar-refractivity contribution in [2.45, 2.75) is 245 Å². The fourth-order valence-corrected chi connectivity index (χ4v) is 9.57. The van der Waals surface area contributed by atoms with Gasteiger partial charge in [-0.25, -0.2) is 0 Å². The van der Waals surface area contributed by atoms with Crippen LogP contribution in [-0.4, -0.2) is 61.1 Å². The molecule has 0 spiro atoms. The van der Waals surface area contributed by atoms with Crippen molar-refractivity contribution in [3.05, 3.63) is 24.3 Å². The Bertz CT molecular complexity index is 725. The molecule has 0 radical (unpaired) electrons. The number of hydrogen-bond acceptors (Lipinski definition) is 4. The Morgan fingerprint density at radius 1 is 0.358 bits per heavy atom. The van der Waals surface area contributed by atoms with E-state index < -0.39 is 0 Å². The van der Waals surface area contributed by atoms with E-state index in [4.69, 9.17) is 0 Å². The zero-order chi connectivity index (χ0) is 38.6. The third-order valence-electron chi connectivity index (χ3n) is 11.3. The number of allylic oxidation sites excluding steroid dienone is 4. The maximum Gasteiger partial charge on any atom is 0.0165 e. The lowest BCUT2D eigenvalue weighted by Crippen LogP contribution is -2.33. The van der Waals surface area contributed by atoms with E-state index in [0.717, 1.165) is 6.04 Å². The van der Waals surface area contributed by atoms with E-state index in [9.17, 15) is 0 Å². The Labute approximate surface area is 344 Å². The van der Waals surface area contributed by atoms with Crippen LogP contribution in [-0.2, 0) is 0 Å². The van der Waals surface area contributed by atoms with E-state index in [2.05, 4.69) is 90.6 Å². The summed E-state index contributed by atoms with van der Waals surface area (Å²) in [6.45, 7) is 10.7. The van der Waals surface area contributed by atoms with Crippen molar-refractivity contribution in [2.75, 3.05) is 45.2 Å². The third kappa shape index (κ3) is 43.1. The first-order valence-electron chi connectivity index (χ1n) is 24.1. The Hall–Kier alpha value is 0.100. The molecule has 0 rings (SSSR count). The minimum absolute atomic E-state index is 0.787. The first kappa shape index (κ1) is 53.1. The normalized spacial score (nSPS) is 12.8. The monoisotopic (exact) mass is 779 g/mol. The average molecular weight is 779 g/mol. The Morgan fingerprint density at radius 3 is 1.08 bits per heavy atom. The average Bonchev–Trinajstić information content (AvgIpc) is 3.16. The van der Waals surface area contributed by atoms with Gasteiger partial charge < -0.3 is 9.80 Å². The van der Waals surface area contributed by atoms with Gasteiger partial charge in [0.2, 0.25) is 0 Å². The maximum atomic E-state index is 2.72. The predicted octanol–water partition coefficient (Wildman–Crippen LogP) is 17.0. The lowest BCUT2D eigenvalue weighted by atomic mass is 9.99. The van der Waals surface area contributed by atoms with Gasteiger partial charge in [-0.05, 0) is 91.3 Å². The largest absolute Gasteiger partial charge is 0.306 e. The van der Waals surface area contributed by atoms with Gasteiger partial charge in [0.15, 0.2) is 0 Å². The minimum atomic E-state index is 0.787. The molecule has 0 heterocycles. The highest BCUT2D eigenvalue weighted by molar-refractivity contribution is 8.76. The van der Waals surface area contributed by atoms with Crippen LogP contribution < -0.4 is 0 Å². The van der Waals surface area contributed by atoms with E-state index in [1.54, 1.807) is 0 Å². The highest BCUT2D eigenvalue weighted by atomic mass is 33.1. The lowest BCUT2D eigenvalue weighted by Gasteiger charge is -2.28.